The number of ether oxygens (including phenoxy) is 1. The Morgan fingerprint density at radius 1 is 1.30 bits per heavy atom. The van der Waals surface area contributed by atoms with Crippen LogP contribution in [0.25, 0.3) is 0 Å². The zero-order valence-corrected chi connectivity index (χ0v) is 13.6. The number of aromatic nitrogens is 1. The molecule has 0 aliphatic heterocycles. The number of aliphatic carboxylic acids is 1. The molecule has 0 fully saturated rings. The van der Waals surface area contributed by atoms with Crippen molar-refractivity contribution in [3.05, 3.63) is 45.9 Å². The van der Waals surface area contributed by atoms with E-state index in [0.717, 1.165) is 10.8 Å². The van der Waals surface area contributed by atoms with Gasteiger partial charge in [-0.1, -0.05) is 17.7 Å². The van der Waals surface area contributed by atoms with Crippen molar-refractivity contribution < 1.29 is 19.4 Å². The number of rotatable bonds is 8. The molecule has 1 heterocycles. The summed E-state index contributed by atoms with van der Waals surface area (Å²) in [7, 11) is 0. The predicted octanol–water partition coefficient (Wildman–Crippen LogP) is 2.16. The van der Waals surface area contributed by atoms with Gasteiger partial charge in [0.2, 0.25) is 5.91 Å². The van der Waals surface area contributed by atoms with Crippen molar-refractivity contribution in [2.75, 3.05) is 6.54 Å². The largest absolute Gasteiger partial charge is 0.486 e. The maximum absolute atomic E-state index is 11.6. The van der Waals surface area contributed by atoms with E-state index in [1.807, 2.05) is 36.6 Å². The summed E-state index contributed by atoms with van der Waals surface area (Å²) in [6.07, 6.45) is 0.0547. The Bertz CT molecular complexity index is 667. The standard InChI is InChI=1S/C16H18N2O4S/c1-11-2-4-13(5-3-11)22-9-15-18-12(10-23-15)8-14(19)17-7-6-16(20)21/h2-5,10H,6-9H2,1H3,(H,17,19)(H,20,21). The van der Waals surface area contributed by atoms with Crippen LogP contribution in [0.1, 0.15) is 22.7 Å². The Kier molecular flexibility index (Phi) is 6.10. The summed E-state index contributed by atoms with van der Waals surface area (Å²) in [4.78, 5) is 26.4. The van der Waals surface area contributed by atoms with Crippen LogP contribution in [0.3, 0.4) is 0 Å². The number of aryl methyl sites for hydroxylation is 1. The molecule has 1 amide bonds. The van der Waals surface area contributed by atoms with Crippen molar-refractivity contribution in [3.63, 3.8) is 0 Å². The Hall–Kier alpha value is -2.41. The monoisotopic (exact) mass is 334 g/mol. The molecule has 0 atom stereocenters. The molecule has 0 spiro atoms. The van der Waals surface area contributed by atoms with Crippen molar-refractivity contribution in [1.29, 1.82) is 0 Å². The number of nitrogens with zero attached hydrogens (tertiary/aromatic N) is 1. The van der Waals surface area contributed by atoms with E-state index in [2.05, 4.69) is 10.3 Å². The van der Waals surface area contributed by atoms with Crippen molar-refractivity contribution in [2.45, 2.75) is 26.4 Å². The van der Waals surface area contributed by atoms with Crippen LogP contribution in [0.2, 0.25) is 0 Å². The Morgan fingerprint density at radius 2 is 2.04 bits per heavy atom. The van der Waals surface area contributed by atoms with E-state index in [1.54, 1.807) is 0 Å². The predicted molar refractivity (Wildman–Crippen MR) is 86.6 cm³/mol. The molecular weight excluding hydrogens is 316 g/mol. The summed E-state index contributed by atoms with van der Waals surface area (Å²) in [5, 5.41) is 13.7. The topological polar surface area (TPSA) is 88.5 Å². The van der Waals surface area contributed by atoms with Gasteiger partial charge in [-0.25, -0.2) is 4.98 Å². The van der Waals surface area contributed by atoms with Gasteiger partial charge in [0.15, 0.2) is 0 Å². The third-order valence-electron chi connectivity index (χ3n) is 2.99. The second-order valence-corrected chi connectivity index (χ2v) is 5.95. The summed E-state index contributed by atoms with van der Waals surface area (Å²) >= 11 is 1.43. The number of carbonyl (C=O) groups is 2. The van der Waals surface area contributed by atoms with E-state index in [1.165, 1.54) is 16.9 Å². The molecule has 1 aromatic carbocycles. The van der Waals surface area contributed by atoms with Crippen LogP contribution in [0.4, 0.5) is 0 Å². The summed E-state index contributed by atoms with van der Waals surface area (Å²) in [6, 6.07) is 7.76. The van der Waals surface area contributed by atoms with E-state index in [-0.39, 0.29) is 25.3 Å². The van der Waals surface area contributed by atoms with Crippen LogP contribution in [-0.2, 0) is 22.6 Å². The highest BCUT2D eigenvalue weighted by Gasteiger charge is 2.08. The first-order chi connectivity index (χ1) is 11.0. The third-order valence-corrected chi connectivity index (χ3v) is 3.86. The van der Waals surface area contributed by atoms with Crippen molar-refractivity contribution >= 4 is 23.2 Å². The average Bonchev–Trinajstić information content (AvgIpc) is 2.93. The average molecular weight is 334 g/mol. The second-order valence-electron chi connectivity index (χ2n) is 5.00. The fraction of sp³-hybridized carbons (Fsp3) is 0.312. The zero-order chi connectivity index (χ0) is 16.7. The molecule has 7 heteroatoms. The fourth-order valence-corrected chi connectivity index (χ4v) is 2.52. The highest BCUT2D eigenvalue weighted by Crippen LogP contribution is 2.16. The maximum Gasteiger partial charge on any atom is 0.305 e. The number of benzene rings is 1. The van der Waals surface area contributed by atoms with E-state index < -0.39 is 5.97 Å². The van der Waals surface area contributed by atoms with Crippen LogP contribution in [0.5, 0.6) is 5.75 Å². The summed E-state index contributed by atoms with van der Waals surface area (Å²) in [5.41, 5.74) is 1.83. The molecule has 23 heavy (non-hydrogen) atoms. The maximum atomic E-state index is 11.6. The van der Waals surface area contributed by atoms with Crippen molar-refractivity contribution in [2.24, 2.45) is 0 Å². The lowest BCUT2D eigenvalue weighted by Gasteiger charge is -2.04. The smallest absolute Gasteiger partial charge is 0.305 e. The van der Waals surface area contributed by atoms with Crippen LogP contribution in [0, 0.1) is 6.92 Å². The molecule has 6 nitrogen and oxygen atoms in total. The van der Waals surface area contributed by atoms with Gasteiger partial charge in [0.1, 0.15) is 17.4 Å². The molecule has 0 bridgehead atoms. The molecule has 0 radical (unpaired) electrons. The number of hydrogen-bond acceptors (Lipinski definition) is 5. The molecule has 1 aromatic heterocycles. The number of amides is 1. The van der Waals surface area contributed by atoms with E-state index in [9.17, 15) is 9.59 Å². The van der Waals surface area contributed by atoms with Crippen LogP contribution >= 0.6 is 11.3 Å². The summed E-state index contributed by atoms with van der Waals surface area (Å²) in [6.45, 7) is 2.49. The SMILES string of the molecule is Cc1ccc(OCc2nc(CC(=O)NCCC(=O)O)cs2)cc1. The number of carboxylic acid groups (broad SMARTS) is 1. The van der Waals surface area contributed by atoms with Gasteiger partial charge in [-0.05, 0) is 19.1 Å². The molecule has 0 aliphatic rings. The molecule has 0 unspecified atom stereocenters. The lowest BCUT2D eigenvalue weighted by Crippen LogP contribution is -2.27. The fourth-order valence-electron chi connectivity index (χ4n) is 1.81. The van der Waals surface area contributed by atoms with Crippen molar-refractivity contribution in [1.82, 2.24) is 10.3 Å². The summed E-state index contributed by atoms with van der Waals surface area (Å²) < 4.78 is 5.64. The minimum atomic E-state index is -0.936. The first-order valence-corrected chi connectivity index (χ1v) is 8.02. The van der Waals surface area contributed by atoms with Crippen LogP contribution in [0.15, 0.2) is 29.6 Å². The molecule has 0 aliphatic carbocycles. The Morgan fingerprint density at radius 3 is 2.74 bits per heavy atom. The summed E-state index contributed by atoms with van der Waals surface area (Å²) in [5.74, 6) is -0.393. The number of carbonyl (C=O) groups excluding carboxylic acids is 1. The molecule has 2 aromatic rings. The van der Waals surface area contributed by atoms with Crippen LogP contribution < -0.4 is 10.1 Å². The first kappa shape index (κ1) is 17.0. The van der Waals surface area contributed by atoms with Gasteiger partial charge in [0.05, 0.1) is 18.5 Å². The zero-order valence-electron chi connectivity index (χ0n) is 12.7. The quantitative estimate of drug-likeness (QED) is 0.772. The minimum Gasteiger partial charge on any atom is -0.486 e. The molecule has 0 saturated heterocycles. The van der Waals surface area contributed by atoms with Gasteiger partial charge < -0.3 is 15.2 Å². The highest BCUT2D eigenvalue weighted by atomic mass is 32.1. The molecule has 2 rings (SSSR count). The van der Waals surface area contributed by atoms with Gasteiger partial charge in [0.25, 0.3) is 0 Å². The first-order valence-electron chi connectivity index (χ1n) is 7.14. The van der Waals surface area contributed by atoms with Crippen LogP contribution in [-0.4, -0.2) is 28.5 Å². The van der Waals surface area contributed by atoms with E-state index in [0.29, 0.717) is 12.3 Å². The van der Waals surface area contributed by atoms with Gasteiger partial charge >= 0.3 is 5.97 Å². The van der Waals surface area contributed by atoms with Gasteiger partial charge in [-0.2, -0.15) is 0 Å². The second kappa shape index (κ2) is 8.28. The molecule has 0 saturated carbocycles. The molecular formula is C16H18N2O4S. The van der Waals surface area contributed by atoms with Gasteiger partial charge in [-0.3, -0.25) is 9.59 Å². The molecule has 122 valence electrons. The van der Waals surface area contributed by atoms with E-state index in [4.69, 9.17) is 9.84 Å². The Labute approximate surface area is 138 Å². The lowest BCUT2D eigenvalue weighted by molar-refractivity contribution is -0.136. The number of carboxylic acids is 1. The number of thiazole rings is 1. The van der Waals surface area contributed by atoms with E-state index >= 15 is 0 Å². The highest BCUT2D eigenvalue weighted by molar-refractivity contribution is 7.09. The Balaban J connectivity index is 1.77. The normalized spacial score (nSPS) is 10.3. The van der Waals surface area contributed by atoms with Crippen molar-refractivity contribution in [3.8, 4) is 5.75 Å². The molecule has 2 N–H and O–H groups in total. The third kappa shape index (κ3) is 6.07. The van der Waals surface area contributed by atoms with Gasteiger partial charge in [0, 0.05) is 11.9 Å². The number of nitrogens with one attached hydrogen (secondary N) is 1. The minimum absolute atomic E-state index is 0.0849. The van der Waals surface area contributed by atoms with Gasteiger partial charge in [-0.15, -0.1) is 11.3 Å². The number of hydrogen-bond donors (Lipinski definition) is 2. The lowest BCUT2D eigenvalue weighted by atomic mass is 10.2.